The number of carbonyl (C=O) groups is 2. The lowest BCUT2D eigenvalue weighted by Gasteiger charge is -2.31. The van der Waals surface area contributed by atoms with E-state index >= 15 is 0 Å². The zero-order valence-electron chi connectivity index (χ0n) is 15.6. The number of piperidine rings is 1. The van der Waals surface area contributed by atoms with E-state index in [1.807, 2.05) is 41.3 Å². The van der Waals surface area contributed by atoms with Crippen LogP contribution in [0.1, 0.15) is 30.0 Å². The lowest BCUT2D eigenvalue weighted by Crippen LogP contribution is -2.44. The fourth-order valence-corrected chi connectivity index (χ4v) is 3.55. The first-order chi connectivity index (χ1) is 13.2. The van der Waals surface area contributed by atoms with E-state index < -0.39 is 0 Å². The van der Waals surface area contributed by atoms with E-state index in [1.54, 1.807) is 0 Å². The summed E-state index contributed by atoms with van der Waals surface area (Å²) < 4.78 is 4.81. The minimum atomic E-state index is -0.173. The molecule has 3 rings (SSSR count). The molecule has 1 aliphatic rings. The van der Waals surface area contributed by atoms with Crippen LogP contribution in [-0.2, 0) is 14.3 Å². The van der Waals surface area contributed by atoms with Crippen LogP contribution in [0.25, 0.3) is 0 Å². The van der Waals surface area contributed by atoms with Crippen LogP contribution in [0, 0.1) is 5.92 Å². The highest BCUT2D eigenvalue weighted by Crippen LogP contribution is 2.22. The maximum absolute atomic E-state index is 12.7. The number of nitrogens with one attached hydrogen (secondary N) is 1. The fourth-order valence-electron chi connectivity index (χ4n) is 3.55. The highest BCUT2D eigenvalue weighted by atomic mass is 16.5. The summed E-state index contributed by atoms with van der Waals surface area (Å²) in [6.07, 6.45) is 1.33. The molecule has 0 aliphatic carbocycles. The number of esters is 1. The van der Waals surface area contributed by atoms with Crippen LogP contribution < -0.4 is 5.32 Å². The predicted molar refractivity (Wildman–Crippen MR) is 104 cm³/mol. The van der Waals surface area contributed by atoms with Crippen LogP contribution in [0.4, 0.5) is 0 Å². The number of ether oxygens (including phenoxy) is 1. The molecule has 1 heterocycles. The second kappa shape index (κ2) is 9.33. The molecule has 2 aromatic rings. The Morgan fingerprint density at radius 3 is 2.00 bits per heavy atom. The lowest BCUT2D eigenvalue weighted by atomic mass is 9.97. The van der Waals surface area contributed by atoms with Gasteiger partial charge in [-0.05, 0) is 24.0 Å². The molecule has 1 N–H and O–H groups in total. The highest BCUT2D eigenvalue weighted by Gasteiger charge is 2.28. The molecule has 0 atom stereocenters. The first-order valence-corrected chi connectivity index (χ1v) is 9.38. The molecule has 0 bridgehead atoms. The third-order valence-corrected chi connectivity index (χ3v) is 5.11. The molecule has 27 heavy (non-hydrogen) atoms. The molecular weight excluding hydrogens is 340 g/mol. The summed E-state index contributed by atoms with van der Waals surface area (Å²) in [4.78, 5) is 26.1. The van der Waals surface area contributed by atoms with E-state index in [0.717, 1.165) is 11.1 Å². The Kier molecular flexibility index (Phi) is 6.60. The molecule has 5 nitrogen and oxygen atoms in total. The number of amides is 1. The number of nitrogens with zero attached hydrogens (tertiary/aromatic N) is 1. The van der Waals surface area contributed by atoms with Crippen LogP contribution in [0.15, 0.2) is 60.7 Å². The van der Waals surface area contributed by atoms with Gasteiger partial charge in [0.15, 0.2) is 0 Å². The summed E-state index contributed by atoms with van der Waals surface area (Å²) >= 11 is 0. The second-order valence-corrected chi connectivity index (χ2v) is 6.81. The van der Waals surface area contributed by atoms with Gasteiger partial charge in [0.25, 0.3) is 0 Å². The van der Waals surface area contributed by atoms with Gasteiger partial charge in [0.05, 0.1) is 25.6 Å². The van der Waals surface area contributed by atoms with Crippen LogP contribution in [-0.4, -0.2) is 43.5 Å². The number of hydrogen-bond acceptors (Lipinski definition) is 4. The normalized spacial score (nSPS) is 15.0. The Balaban J connectivity index is 1.61. The van der Waals surface area contributed by atoms with Gasteiger partial charge in [-0.25, -0.2) is 0 Å². The van der Waals surface area contributed by atoms with Crippen molar-refractivity contribution in [2.24, 2.45) is 5.92 Å². The van der Waals surface area contributed by atoms with Crippen LogP contribution in [0.2, 0.25) is 0 Å². The average Bonchev–Trinajstić information content (AvgIpc) is 2.75. The summed E-state index contributed by atoms with van der Waals surface area (Å²) in [5, 5.41) is 3.41. The molecule has 1 fully saturated rings. The first kappa shape index (κ1) is 19.1. The third-order valence-electron chi connectivity index (χ3n) is 5.11. The van der Waals surface area contributed by atoms with Crippen molar-refractivity contribution >= 4 is 11.9 Å². The van der Waals surface area contributed by atoms with Crippen molar-refractivity contribution in [3.05, 3.63) is 71.8 Å². The van der Waals surface area contributed by atoms with E-state index in [0.29, 0.717) is 25.9 Å². The molecule has 0 saturated carbocycles. The summed E-state index contributed by atoms with van der Waals surface area (Å²) in [6.45, 7) is 1.46. The van der Waals surface area contributed by atoms with Gasteiger partial charge in [0.1, 0.15) is 0 Å². The van der Waals surface area contributed by atoms with E-state index in [4.69, 9.17) is 4.74 Å². The van der Waals surface area contributed by atoms with Crippen molar-refractivity contribution in [1.29, 1.82) is 0 Å². The fraction of sp³-hybridized carbons (Fsp3) is 0.364. The molecule has 5 heteroatoms. The molecule has 1 aliphatic heterocycles. The molecule has 0 aromatic heterocycles. The number of likely N-dealkylation sites (tertiary alicyclic amines) is 1. The monoisotopic (exact) mass is 366 g/mol. The molecule has 0 spiro atoms. The predicted octanol–water partition coefficient (Wildman–Crippen LogP) is 2.78. The maximum Gasteiger partial charge on any atom is 0.308 e. The van der Waals surface area contributed by atoms with Gasteiger partial charge in [0.2, 0.25) is 5.91 Å². The lowest BCUT2D eigenvalue weighted by molar-refractivity contribution is -0.148. The Morgan fingerprint density at radius 2 is 1.52 bits per heavy atom. The van der Waals surface area contributed by atoms with Crippen molar-refractivity contribution in [1.82, 2.24) is 10.2 Å². The van der Waals surface area contributed by atoms with Crippen LogP contribution >= 0.6 is 0 Å². The second-order valence-electron chi connectivity index (χ2n) is 6.81. The summed E-state index contributed by atoms with van der Waals surface area (Å²) in [7, 11) is 1.41. The van der Waals surface area contributed by atoms with Crippen molar-refractivity contribution in [2.75, 3.05) is 26.7 Å². The maximum atomic E-state index is 12.7. The van der Waals surface area contributed by atoms with Crippen molar-refractivity contribution in [3.8, 4) is 0 Å². The quantitative estimate of drug-likeness (QED) is 0.799. The van der Waals surface area contributed by atoms with E-state index in [1.165, 1.54) is 7.11 Å². The van der Waals surface area contributed by atoms with Crippen LogP contribution in [0.3, 0.4) is 0 Å². The van der Waals surface area contributed by atoms with E-state index in [9.17, 15) is 9.59 Å². The highest BCUT2D eigenvalue weighted by molar-refractivity contribution is 5.79. The minimum absolute atomic E-state index is 0.0380. The van der Waals surface area contributed by atoms with Crippen molar-refractivity contribution in [2.45, 2.75) is 18.9 Å². The summed E-state index contributed by atoms with van der Waals surface area (Å²) in [5.41, 5.74) is 2.25. The SMILES string of the molecule is COC(=O)C1CCN(C(=O)CNC(c2ccccc2)c2ccccc2)CC1. The van der Waals surface area contributed by atoms with Gasteiger partial charge in [-0.1, -0.05) is 60.7 Å². The summed E-state index contributed by atoms with van der Waals surface area (Å²) in [6, 6.07) is 20.2. The number of carbonyl (C=O) groups excluding carboxylic acids is 2. The smallest absolute Gasteiger partial charge is 0.308 e. The molecule has 2 aromatic carbocycles. The topological polar surface area (TPSA) is 58.6 Å². The number of hydrogen-bond donors (Lipinski definition) is 1. The number of methoxy groups -OCH3 is 1. The molecule has 142 valence electrons. The molecule has 1 saturated heterocycles. The molecule has 0 unspecified atom stereocenters. The Bertz CT molecular complexity index is 701. The Labute approximate surface area is 160 Å². The number of rotatable bonds is 6. The minimum Gasteiger partial charge on any atom is -0.469 e. The van der Waals surface area contributed by atoms with Gasteiger partial charge < -0.3 is 9.64 Å². The summed E-state index contributed by atoms with van der Waals surface area (Å²) in [5.74, 6) is -0.197. The Morgan fingerprint density at radius 1 is 1.00 bits per heavy atom. The van der Waals surface area contributed by atoms with Crippen LogP contribution in [0.5, 0.6) is 0 Å². The van der Waals surface area contributed by atoms with Gasteiger partial charge >= 0.3 is 5.97 Å². The average molecular weight is 366 g/mol. The van der Waals surface area contributed by atoms with Crippen molar-refractivity contribution in [3.63, 3.8) is 0 Å². The van der Waals surface area contributed by atoms with Gasteiger partial charge in [-0.2, -0.15) is 0 Å². The van der Waals surface area contributed by atoms with Gasteiger partial charge in [-0.15, -0.1) is 0 Å². The third kappa shape index (κ3) is 4.95. The largest absolute Gasteiger partial charge is 0.469 e. The first-order valence-electron chi connectivity index (χ1n) is 9.38. The van der Waals surface area contributed by atoms with Gasteiger partial charge in [0, 0.05) is 13.1 Å². The molecule has 1 amide bonds. The molecular formula is C22H26N2O3. The molecule has 0 radical (unpaired) electrons. The van der Waals surface area contributed by atoms with Crippen molar-refractivity contribution < 1.29 is 14.3 Å². The zero-order valence-corrected chi connectivity index (χ0v) is 15.6. The standard InChI is InChI=1S/C22H26N2O3/c1-27-22(26)19-12-14-24(15-13-19)20(25)16-23-21(17-8-4-2-5-9-17)18-10-6-3-7-11-18/h2-11,19,21,23H,12-16H2,1H3. The van der Waals surface area contributed by atoms with E-state index in [2.05, 4.69) is 29.6 Å². The van der Waals surface area contributed by atoms with Gasteiger partial charge in [-0.3, -0.25) is 14.9 Å². The van der Waals surface area contributed by atoms with E-state index in [-0.39, 0.29) is 30.4 Å². The zero-order chi connectivity index (χ0) is 19.1. The Hall–Kier alpha value is -2.66. The number of benzene rings is 2.